The highest BCUT2D eigenvalue weighted by atomic mass is 15.0. The van der Waals surface area contributed by atoms with Crippen molar-refractivity contribution in [3.8, 4) is 0 Å². The molecule has 1 nitrogen and oxygen atoms in total. The molecule has 0 radical (unpaired) electrons. The van der Waals surface area contributed by atoms with Crippen molar-refractivity contribution >= 4 is 0 Å². The highest BCUT2D eigenvalue weighted by Crippen LogP contribution is 2.72. The van der Waals surface area contributed by atoms with Crippen LogP contribution in [0.15, 0.2) is 30.3 Å². The summed E-state index contributed by atoms with van der Waals surface area (Å²) in [5.41, 5.74) is 1.58. The summed E-state index contributed by atoms with van der Waals surface area (Å²) in [5, 5.41) is 3.72. The Balaban J connectivity index is 1.32. The van der Waals surface area contributed by atoms with E-state index in [-0.39, 0.29) is 0 Å². The van der Waals surface area contributed by atoms with Crippen LogP contribution < -0.4 is 5.32 Å². The van der Waals surface area contributed by atoms with E-state index in [2.05, 4.69) is 42.7 Å². The van der Waals surface area contributed by atoms with Gasteiger partial charge in [0.05, 0.1) is 0 Å². The molecular weight excluding hydrogens is 242 g/mol. The summed E-state index contributed by atoms with van der Waals surface area (Å²) in [5.74, 6) is 7.24. The van der Waals surface area contributed by atoms with Gasteiger partial charge in [0, 0.05) is 6.04 Å². The first-order valence-corrected chi connectivity index (χ1v) is 8.60. The second kappa shape index (κ2) is 4.10. The van der Waals surface area contributed by atoms with E-state index in [1.165, 1.54) is 6.42 Å². The molecule has 0 amide bonds. The fraction of sp³-hybridized carbons (Fsp3) is 0.684. The van der Waals surface area contributed by atoms with E-state index in [1.807, 2.05) is 0 Å². The Labute approximate surface area is 122 Å². The molecule has 1 aromatic rings. The molecule has 1 heteroatoms. The number of rotatable bonds is 4. The predicted octanol–water partition coefficient (Wildman–Crippen LogP) is 3.67. The van der Waals surface area contributed by atoms with E-state index >= 15 is 0 Å². The van der Waals surface area contributed by atoms with Crippen LogP contribution in [0.25, 0.3) is 0 Å². The van der Waals surface area contributed by atoms with E-state index in [9.17, 15) is 0 Å². The van der Waals surface area contributed by atoms with Gasteiger partial charge in [0.15, 0.2) is 0 Å². The van der Waals surface area contributed by atoms with Crippen LogP contribution in [0.5, 0.6) is 0 Å². The molecule has 5 rings (SSSR count). The number of benzene rings is 1. The van der Waals surface area contributed by atoms with Crippen molar-refractivity contribution in [3.63, 3.8) is 0 Å². The first-order valence-electron chi connectivity index (χ1n) is 8.60. The zero-order valence-electron chi connectivity index (χ0n) is 12.3. The summed E-state index contributed by atoms with van der Waals surface area (Å²) in [6, 6.07) is 12.0. The molecule has 7 atom stereocenters. The SMILES string of the molecule is CNC(C1CC1c1ccccc1)C1C2C3CCC(C3)C21. The van der Waals surface area contributed by atoms with Gasteiger partial charge in [0.1, 0.15) is 0 Å². The Morgan fingerprint density at radius 3 is 2.35 bits per heavy atom. The summed E-state index contributed by atoms with van der Waals surface area (Å²) in [4.78, 5) is 0. The van der Waals surface area contributed by atoms with E-state index in [0.717, 1.165) is 47.5 Å². The highest BCUT2D eigenvalue weighted by Gasteiger charge is 2.68. The van der Waals surface area contributed by atoms with Crippen LogP contribution in [0.4, 0.5) is 0 Å². The largest absolute Gasteiger partial charge is 0.316 e. The second-order valence-corrected chi connectivity index (χ2v) is 7.80. The maximum Gasteiger partial charge on any atom is 0.0132 e. The van der Waals surface area contributed by atoms with Crippen molar-refractivity contribution < 1.29 is 0 Å². The van der Waals surface area contributed by atoms with Gasteiger partial charge in [-0.15, -0.1) is 0 Å². The van der Waals surface area contributed by atoms with E-state index in [1.54, 1.807) is 24.8 Å². The molecular formula is C19H25N. The summed E-state index contributed by atoms with van der Waals surface area (Å²) in [7, 11) is 2.21. The van der Waals surface area contributed by atoms with Crippen LogP contribution >= 0.6 is 0 Å². The molecule has 2 bridgehead atoms. The van der Waals surface area contributed by atoms with Crippen LogP contribution in [0.1, 0.15) is 37.2 Å². The monoisotopic (exact) mass is 267 g/mol. The number of nitrogens with one attached hydrogen (secondary N) is 1. The Hall–Kier alpha value is -0.820. The second-order valence-electron chi connectivity index (χ2n) is 7.80. The molecule has 20 heavy (non-hydrogen) atoms. The molecule has 0 aromatic heterocycles. The van der Waals surface area contributed by atoms with Crippen LogP contribution in [0, 0.1) is 35.5 Å². The van der Waals surface area contributed by atoms with Gasteiger partial charge in [-0.2, -0.15) is 0 Å². The smallest absolute Gasteiger partial charge is 0.0132 e. The standard InChI is InChI=1S/C19H25N/c1-20-19(15-10-14(15)11-5-3-2-4-6-11)18-16-12-7-8-13(9-12)17(16)18/h2-6,12-20H,7-10H2,1H3. The molecule has 0 saturated heterocycles. The minimum absolute atomic E-state index is 0.804. The molecule has 7 unspecified atom stereocenters. The van der Waals surface area contributed by atoms with Crippen LogP contribution in [-0.4, -0.2) is 13.1 Å². The summed E-state index contributed by atoms with van der Waals surface area (Å²) in [6.45, 7) is 0. The third-order valence-corrected chi connectivity index (χ3v) is 7.07. The number of fused-ring (bicyclic) bond motifs is 5. The molecule has 0 heterocycles. The van der Waals surface area contributed by atoms with Crippen LogP contribution in [0.3, 0.4) is 0 Å². The van der Waals surface area contributed by atoms with E-state index < -0.39 is 0 Å². The maximum atomic E-state index is 3.72. The first kappa shape index (κ1) is 11.8. The van der Waals surface area contributed by atoms with Gasteiger partial charge in [0.25, 0.3) is 0 Å². The van der Waals surface area contributed by atoms with Crippen molar-refractivity contribution in [2.24, 2.45) is 35.5 Å². The molecule has 1 N–H and O–H groups in total. The zero-order chi connectivity index (χ0) is 13.3. The summed E-state index contributed by atoms with van der Waals surface area (Å²) in [6.07, 6.45) is 6.09. The van der Waals surface area contributed by atoms with Gasteiger partial charge in [-0.25, -0.2) is 0 Å². The third-order valence-electron chi connectivity index (χ3n) is 7.07. The molecule has 0 spiro atoms. The van der Waals surface area contributed by atoms with Crippen molar-refractivity contribution in [1.82, 2.24) is 5.32 Å². The third kappa shape index (κ3) is 1.53. The van der Waals surface area contributed by atoms with E-state index in [4.69, 9.17) is 0 Å². The van der Waals surface area contributed by atoms with Gasteiger partial charge < -0.3 is 5.32 Å². The van der Waals surface area contributed by atoms with Gasteiger partial charge in [-0.3, -0.25) is 0 Å². The Morgan fingerprint density at radius 2 is 1.70 bits per heavy atom. The molecule has 1 aromatic carbocycles. The lowest BCUT2D eigenvalue weighted by molar-refractivity contribution is 0.348. The highest BCUT2D eigenvalue weighted by molar-refractivity contribution is 5.28. The van der Waals surface area contributed by atoms with E-state index in [0.29, 0.717) is 0 Å². The van der Waals surface area contributed by atoms with Gasteiger partial charge in [-0.1, -0.05) is 30.3 Å². The lowest BCUT2D eigenvalue weighted by Gasteiger charge is -2.20. The number of hydrogen-bond donors (Lipinski definition) is 1. The molecule has 0 aliphatic heterocycles. The van der Waals surface area contributed by atoms with Crippen LogP contribution in [0.2, 0.25) is 0 Å². The minimum Gasteiger partial charge on any atom is -0.316 e. The number of hydrogen-bond acceptors (Lipinski definition) is 1. The van der Waals surface area contributed by atoms with Crippen LogP contribution in [-0.2, 0) is 0 Å². The maximum absolute atomic E-state index is 3.72. The average molecular weight is 267 g/mol. The fourth-order valence-electron chi connectivity index (χ4n) is 6.26. The van der Waals surface area contributed by atoms with Crippen molar-refractivity contribution in [2.75, 3.05) is 7.05 Å². The Bertz CT molecular complexity index is 494. The average Bonchev–Trinajstić information content (AvgIpc) is 3.37. The Morgan fingerprint density at radius 1 is 1.00 bits per heavy atom. The molecule has 106 valence electrons. The van der Waals surface area contributed by atoms with Gasteiger partial charge in [-0.05, 0) is 79.7 Å². The Kier molecular flexibility index (Phi) is 2.42. The lowest BCUT2D eigenvalue weighted by atomic mass is 9.93. The fourth-order valence-corrected chi connectivity index (χ4v) is 6.26. The van der Waals surface area contributed by atoms with Gasteiger partial charge in [0.2, 0.25) is 0 Å². The topological polar surface area (TPSA) is 12.0 Å². The quantitative estimate of drug-likeness (QED) is 0.877. The minimum atomic E-state index is 0.804. The molecule has 4 aliphatic rings. The zero-order valence-corrected chi connectivity index (χ0v) is 12.3. The van der Waals surface area contributed by atoms with Gasteiger partial charge >= 0.3 is 0 Å². The summed E-state index contributed by atoms with van der Waals surface area (Å²) < 4.78 is 0. The predicted molar refractivity (Wildman–Crippen MR) is 81.4 cm³/mol. The van der Waals surface area contributed by atoms with Crippen molar-refractivity contribution in [3.05, 3.63) is 35.9 Å². The normalized spacial score (nSPS) is 49.0. The molecule has 4 fully saturated rings. The lowest BCUT2D eigenvalue weighted by Crippen LogP contribution is -2.32. The van der Waals surface area contributed by atoms with Crippen molar-refractivity contribution in [1.29, 1.82) is 0 Å². The molecule has 4 saturated carbocycles. The van der Waals surface area contributed by atoms with Crippen molar-refractivity contribution in [2.45, 2.75) is 37.6 Å². The first-order chi connectivity index (χ1) is 9.88. The summed E-state index contributed by atoms with van der Waals surface area (Å²) >= 11 is 0. The molecule has 4 aliphatic carbocycles.